The van der Waals surface area contributed by atoms with E-state index in [0.29, 0.717) is 11.1 Å². The highest BCUT2D eigenvalue weighted by Crippen LogP contribution is 2.28. The summed E-state index contributed by atoms with van der Waals surface area (Å²) in [6.07, 6.45) is 3.42. The minimum Gasteiger partial charge on any atom is -0.454 e. The van der Waals surface area contributed by atoms with Crippen molar-refractivity contribution in [2.75, 3.05) is 0 Å². The number of carbonyl (C=O) groups excluding carboxylic acids is 1. The van der Waals surface area contributed by atoms with E-state index in [0.717, 1.165) is 21.9 Å². The Kier molecular flexibility index (Phi) is 3.50. The molecule has 4 nitrogen and oxygen atoms in total. The lowest BCUT2D eigenvalue weighted by Crippen LogP contribution is -2.26. The van der Waals surface area contributed by atoms with Gasteiger partial charge in [-0.05, 0) is 36.8 Å². The lowest BCUT2D eigenvalue weighted by molar-refractivity contribution is 0.0940. The zero-order chi connectivity index (χ0) is 16.5. The molecule has 1 N–H and O–H groups in total. The molecule has 4 heteroatoms. The molecule has 0 aliphatic rings. The molecule has 4 aromatic rings. The maximum absolute atomic E-state index is 12.5. The summed E-state index contributed by atoms with van der Waals surface area (Å²) in [6, 6.07) is 17.3. The third kappa shape index (κ3) is 2.52. The van der Waals surface area contributed by atoms with Crippen LogP contribution in [0.4, 0.5) is 0 Å². The van der Waals surface area contributed by atoms with Crippen molar-refractivity contribution in [2.24, 2.45) is 0 Å². The van der Waals surface area contributed by atoms with Gasteiger partial charge in [-0.1, -0.05) is 30.3 Å². The standard InChI is InChI=1S/C20H16N2O2/c1-13(14-5-3-2-4-6-14)22-20(23)15-7-8-16-17-9-10-21-12-19(17)24-18(16)11-15/h2-13H,1H3,(H,22,23). The number of pyridine rings is 1. The van der Waals surface area contributed by atoms with Crippen LogP contribution in [0.15, 0.2) is 71.4 Å². The van der Waals surface area contributed by atoms with Gasteiger partial charge in [-0.25, -0.2) is 0 Å². The number of nitrogens with one attached hydrogen (secondary N) is 1. The first-order valence-electron chi connectivity index (χ1n) is 7.84. The Morgan fingerprint density at radius 1 is 1.04 bits per heavy atom. The van der Waals surface area contributed by atoms with E-state index in [-0.39, 0.29) is 11.9 Å². The quantitative estimate of drug-likeness (QED) is 0.606. The molecule has 0 spiro atoms. The molecule has 2 aromatic heterocycles. The van der Waals surface area contributed by atoms with Crippen molar-refractivity contribution < 1.29 is 9.21 Å². The van der Waals surface area contributed by atoms with Crippen LogP contribution < -0.4 is 5.32 Å². The largest absolute Gasteiger partial charge is 0.454 e. The fourth-order valence-electron chi connectivity index (χ4n) is 2.88. The third-order valence-corrected chi connectivity index (χ3v) is 4.19. The van der Waals surface area contributed by atoms with Crippen molar-refractivity contribution in [2.45, 2.75) is 13.0 Å². The molecule has 1 amide bonds. The Balaban J connectivity index is 1.63. The van der Waals surface area contributed by atoms with Crippen LogP contribution in [-0.2, 0) is 0 Å². The van der Waals surface area contributed by atoms with E-state index in [9.17, 15) is 4.79 Å². The highest BCUT2D eigenvalue weighted by molar-refractivity contribution is 6.07. The Morgan fingerprint density at radius 3 is 2.67 bits per heavy atom. The van der Waals surface area contributed by atoms with Crippen LogP contribution in [0.5, 0.6) is 0 Å². The van der Waals surface area contributed by atoms with E-state index in [2.05, 4.69) is 10.3 Å². The topological polar surface area (TPSA) is 55.1 Å². The van der Waals surface area contributed by atoms with Gasteiger partial charge in [0.15, 0.2) is 5.58 Å². The highest BCUT2D eigenvalue weighted by atomic mass is 16.3. The second kappa shape index (κ2) is 5.81. The first-order chi connectivity index (χ1) is 11.7. The predicted octanol–water partition coefficient (Wildman–Crippen LogP) is 4.47. The summed E-state index contributed by atoms with van der Waals surface area (Å²) in [5.41, 5.74) is 3.07. The highest BCUT2D eigenvalue weighted by Gasteiger charge is 2.14. The number of nitrogens with zero attached hydrogens (tertiary/aromatic N) is 1. The Bertz CT molecular complexity index is 1020. The van der Waals surface area contributed by atoms with Gasteiger partial charge in [-0.3, -0.25) is 9.78 Å². The number of fused-ring (bicyclic) bond motifs is 3. The van der Waals surface area contributed by atoms with Gasteiger partial charge < -0.3 is 9.73 Å². The Morgan fingerprint density at radius 2 is 1.83 bits per heavy atom. The number of aromatic nitrogens is 1. The normalized spacial score (nSPS) is 12.4. The van der Waals surface area contributed by atoms with Gasteiger partial charge in [-0.15, -0.1) is 0 Å². The second-order valence-electron chi connectivity index (χ2n) is 5.79. The molecule has 118 valence electrons. The molecule has 0 saturated heterocycles. The molecule has 1 unspecified atom stereocenters. The van der Waals surface area contributed by atoms with Crippen LogP contribution in [0.1, 0.15) is 28.9 Å². The van der Waals surface area contributed by atoms with Crippen LogP contribution in [0, 0.1) is 0 Å². The lowest BCUT2D eigenvalue weighted by Gasteiger charge is -2.14. The van der Waals surface area contributed by atoms with Crippen molar-refractivity contribution in [1.82, 2.24) is 10.3 Å². The van der Waals surface area contributed by atoms with Gasteiger partial charge >= 0.3 is 0 Å². The van der Waals surface area contributed by atoms with Gasteiger partial charge in [0, 0.05) is 22.5 Å². The van der Waals surface area contributed by atoms with Gasteiger partial charge in [0.1, 0.15) is 5.58 Å². The third-order valence-electron chi connectivity index (χ3n) is 4.19. The summed E-state index contributed by atoms with van der Waals surface area (Å²) >= 11 is 0. The number of hydrogen-bond donors (Lipinski definition) is 1. The molecule has 0 aliphatic heterocycles. The summed E-state index contributed by atoms with van der Waals surface area (Å²) in [4.78, 5) is 16.6. The molecule has 4 rings (SSSR count). The molecular formula is C20H16N2O2. The molecule has 0 saturated carbocycles. The lowest BCUT2D eigenvalue weighted by atomic mass is 10.1. The number of carbonyl (C=O) groups is 1. The monoisotopic (exact) mass is 316 g/mol. The van der Waals surface area contributed by atoms with Crippen molar-refractivity contribution in [1.29, 1.82) is 0 Å². The van der Waals surface area contributed by atoms with Crippen LogP contribution in [0.2, 0.25) is 0 Å². The number of rotatable bonds is 3. The molecular weight excluding hydrogens is 300 g/mol. The van der Waals surface area contributed by atoms with Crippen LogP contribution in [-0.4, -0.2) is 10.9 Å². The van der Waals surface area contributed by atoms with E-state index in [1.807, 2.05) is 55.5 Å². The van der Waals surface area contributed by atoms with E-state index >= 15 is 0 Å². The van der Waals surface area contributed by atoms with Crippen LogP contribution in [0.3, 0.4) is 0 Å². The summed E-state index contributed by atoms with van der Waals surface area (Å²) < 4.78 is 5.79. The van der Waals surface area contributed by atoms with Crippen molar-refractivity contribution >= 4 is 27.8 Å². The molecule has 2 aromatic carbocycles. The summed E-state index contributed by atoms with van der Waals surface area (Å²) in [7, 11) is 0. The summed E-state index contributed by atoms with van der Waals surface area (Å²) in [5.74, 6) is -0.119. The zero-order valence-electron chi connectivity index (χ0n) is 13.2. The Labute approximate surface area is 139 Å². The average molecular weight is 316 g/mol. The summed E-state index contributed by atoms with van der Waals surface area (Å²) in [5, 5.41) is 5.01. The van der Waals surface area contributed by atoms with E-state index in [1.54, 1.807) is 18.5 Å². The summed E-state index contributed by atoms with van der Waals surface area (Å²) in [6.45, 7) is 1.97. The van der Waals surface area contributed by atoms with Crippen molar-refractivity contribution in [3.63, 3.8) is 0 Å². The SMILES string of the molecule is CC(NC(=O)c1ccc2c(c1)oc1cnccc12)c1ccccc1. The number of benzene rings is 2. The maximum Gasteiger partial charge on any atom is 0.251 e. The zero-order valence-corrected chi connectivity index (χ0v) is 13.2. The molecule has 24 heavy (non-hydrogen) atoms. The van der Waals surface area contributed by atoms with Gasteiger partial charge in [0.2, 0.25) is 0 Å². The Hall–Kier alpha value is -3.14. The first kappa shape index (κ1) is 14.5. The van der Waals surface area contributed by atoms with Crippen LogP contribution >= 0.6 is 0 Å². The van der Waals surface area contributed by atoms with E-state index in [1.165, 1.54) is 0 Å². The second-order valence-corrected chi connectivity index (χ2v) is 5.79. The van der Waals surface area contributed by atoms with Gasteiger partial charge in [-0.2, -0.15) is 0 Å². The molecule has 0 aliphatic carbocycles. The predicted molar refractivity (Wildman–Crippen MR) is 93.8 cm³/mol. The van der Waals surface area contributed by atoms with Gasteiger partial charge in [0.05, 0.1) is 12.2 Å². The minimum atomic E-state index is -0.119. The molecule has 0 radical (unpaired) electrons. The molecule has 1 atom stereocenters. The van der Waals surface area contributed by atoms with E-state index < -0.39 is 0 Å². The molecule has 0 bridgehead atoms. The van der Waals surface area contributed by atoms with E-state index in [4.69, 9.17) is 4.42 Å². The molecule has 2 heterocycles. The number of hydrogen-bond acceptors (Lipinski definition) is 3. The smallest absolute Gasteiger partial charge is 0.251 e. The number of amides is 1. The van der Waals surface area contributed by atoms with Gasteiger partial charge in [0.25, 0.3) is 5.91 Å². The average Bonchev–Trinajstić information content (AvgIpc) is 3.00. The minimum absolute atomic E-state index is 0.0609. The van der Waals surface area contributed by atoms with Crippen LogP contribution in [0.25, 0.3) is 21.9 Å². The number of furan rings is 1. The van der Waals surface area contributed by atoms with Crippen molar-refractivity contribution in [3.05, 3.63) is 78.1 Å². The fourth-order valence-corrected chi connectivity index (χ4v) is 2.88. The first-order valence-corrected chi connectivity index (χ1v) is 7.84. The molecule has 0 fully saturated rings. The van der Waals surface area contributed by atoms with Crippen molar-refractivity contribution in [3.8, 4) is 0 Å². The maximum atomic E-state index is 12.5. The fraction of sp³-hybridized carbons (Fsp3) is 0.100.